The topological polar surface area (TPSA) is 55.2 Å². The predicted octanol–water partition coefficient (Wildman–Crippen LogP) is 4.25. The van der Waals surface area contributed by atoms with Crippen LogP contribution in [-0.2, 0) is 6.54 Å². The van der Waals surface area contributed by atoms with Crippen molar-refractivity contribution in [3.05, 3.63) is 68.2 Å². The lowest BCUT2D eigenvalue weighted by Crippen LogP contribution is -2.02. The average molecular weight is 343 g/mol. The molecule has 0 bridgehead atoms. The first-order chi connectivity index (χ1) is 9.47. The number of nitro benzene ring substituents is 1. The summed E-state index contributed by atoms with van der Waals surface area (Å²) in [4.78, 5) is 10.3. The predicted molar refractivity (Wildman–Crippen MR) is 74.5 cm³/mol. The van der Waals surface area contributed by atoms with Gasteiger partial charge in [0.05, 0.1) is 4.92 Å². The largest absolute Gasteiger partial charge is 0.381 e. The standard InChI is InChI=1S/C13H9BrF2N2O2/c14-13-8(2-1-3-12(13)18(19)20)7-17-11-5-9(15)4-10(16)6-11/h1-6,17H,7H2. The summed E-state index contributed by atoms with van der Waals surface area (Å²) in [7, 11) is 0. The van der Waals surface area contributed by atoms with Crippen LogP contribution in [0.4, 0.5) is 20.2 Å². The maximum Gasteiger partial charge on any atom is 0.283 e. The van der Waals surface area contributed by atoms with Crippen LogP contribution in [-0.4, -0.2) is 4.92 Å². The van der Waals surface area contributed by atoms with Gasteiger partial charge in [-0.1, -0.05) is 12.1 Å². The van der Waals surface area contributed by atoms with Crippen molar-refractivity contribution >= 4 is 27.3 Å². The average Bonchev–Trinajstić information content (AvgIpc) is 2.36. The van der Waals surface area contributed by atoms with Crippen LogP contribution in [0.2, 0.25) is 0 Å². The lowest BCUT2D eigenvalue weighted by molar-refractivity contribution is -0.385. The van der Waals surface area contributed by atoms with Crippen LogP contribution < -0.4 is 5.32 Å². The molecular weight excluding hydrogens is 334 g/mol. The fourth-order valence-corrected chi connectivity index (χ4v) is 2.25. The van der Waals surface area contributed by atoms with E-state index >= 15 is 0 Å². The Morgan fingerprint density at radius 1 is 1.20 bits per heavy atom. The Morgan fingerprint density at radius 3 is 2.45 bits per heavy atom. The van der Waals surface area contributed by atoms with Gasteiger partial charge in [0.15, 0.2) is 0 Å². The van der Waals surface area contributed by atoms with E-state index in [1.165, 1.54) is 6.07 Å². The Kier molecular flexibility index (Phi) is 4.29. The Labute approximate surface area is 121 Å². The summed E-state index contributed by atoms with van der Waals surface area (Å²) in [6.45, 7) is 0.200. The summed E-state index contributed by atoms with van der Waals surface area (Å²) < 4.78 is 26.4. The normalized spacial score (nSPS) is 10.3. The highest BCUT2D eigenvalue weighted by Crippen LogP contribution is 2.28. The molecule has 0 amide bonds. The molecule has 0 aliphatic carbocycles. The number of hydrogen-bond donors (Lipinski definition) is 1. The van der Waals surface area contributed by atoms with Crippen LogP contribution in [0.3, 0.4) is 0 Å². The molecule has 20 heavy (non-hydrogen) atoms. The van der Waals surface area contributed by atoms with Gasteiger partial charge in [-0.15, -0.1) is 0 Å². The van der Waals surface area contributed by atoms with Gasteiger partial charge in [-0.3, -0.25) is 10.1 Å². The van der Waals surface area contributed by atoms with E-state index in [1.54, 1.807) is 12.1 Å². The first kappa shape index (κ1) is 14.4. The smallest absolute Gasteiger partial charge is 0.283 e. The third-order valence-electron chi connectivity index (χ3n) is 2.60. The molecule has 0 saturated carbocycles. The van der Waals surface area contributed by atoms with Crippen LogP contribution in [0.5, 0.6) is 0 Å². The fourth-order valence-electron chi connectivity index (χ4n) is 1.70. The molecule has 104 valence electrons. The molecule has 0 aromatic heterocycles. The quantitative estimate of drug-likeness (QED) is 0.667. The lowest BCUT2D eigenvalue weighted by atomic mass is 10.2. The second-order valence-electron chi connectivity index (χ2n) is 4.02. The van der Waals surface area contributed by atoms with Gasteiger partial charge in [0, 0.05) is 24.4 Å². The minimum absolute atomic E-state index is 0.0604. The van der Waals surface area contributed by atoms with E-state index in [0.29, 0.717) is 10.0 Å². The molecule has 0 aliphatic heterocycles. The number of nitro groups is 1. The maximum absolute atomic E-state index is 13.0. The number of benzene rings is 2. The zero-order chi connectivity index (χ0) is 14.7. The lowest BCUT2D eigenvalue weighted by Gasteiger charge is -2.08. The number of nitrogens with one attached hydrogen (secondary N) is 1. The third-order valence-corrected chi connectivity index (χ3v) is 3.52. The van der Waals surface area contributed by atoms with E-state index in [9.17, 15) is 18.9 Å². The SMILES string of the molecule is O=[N+]([O-])c1cccc(CNc2cc(F)cc(F)c2)c1Br. The van der Waals surface area contributed by atoms with E-state index in [2.05, 4.69) is 21.2 Å². The number of nitrogens with zero attached hydrogens (tertiary/aromatic N) is 1. The fraction of sp³-hybridized carbons (Fsp3) is 0.0769. The van der Waals surface area contributed by atoms with Gasteiger partial charge < -0.3 is 5.32 Å². The molecular formula is C13H9BrF2N2O2. The molecule has 2 aromatic rings. The van der Waals surface area contributed by atoms with Gasteiger partial charge in [-0.2, -0.15) is 0 Å². The molecule has 0 radical (unpaired) electrons. The van der Waals surface area contributed by atoms with E-state index in [0.717, 1.165) is 18.2 Å². The van der Waals surface area contributed by atoms with E-state index in [4.69, 9.17) is 0 Å². The number of hydrogen-bond acceptors (Lipinski definition) is 3. The van der Waals surface area contributed by atoms with Crippen molar-refractivity contribution in [1.29, 1.82) is 0 Å². The van der Waals surface area contributed by atoms with E-state index in [-0.39, 0.29) is 17.9 Å². The molecule has 0 aliphatic rings. The van der Waals surface area contributed by atoms with Crippen molar-refractivity contribution in [3.8, 4) is 0 Å². The van der Waals surface area contributed by atoms with Gasteiger partial charge >= 0.3 is 0 Å². The highest BCUT2D eigenvalue weighted by molar-refractivity contribution is 9.10. The molecule has 2 aromatic carbocycles. The van der Waals surface area contributed by atoms with Crippen LogP contribution in [0.15, 0.2) is 40.9 Å². The zero-order valence-corrected chi connectivity index (χ0v) is 11.7. The summed E-state index contributed by atoms with van der Waals surface area (Å²) in [6.07, 6.45) is 0. The molecule has 0 unspecified atom stereocenters. The van der Waals surface area contributed by atoms with Gasteiger partial charge in [-0.25, -0.2) is 8.78 Å². The number of anilines is 1. The number of halogens is 3. The molecule has 0 atom stereocenters. The van der Waals surface area contributed by atoms with Crippen molar-refractivity contribution in [2.45, 2.75) is 6.54 Å². The van der Waals surface area contributed by atoms with Gasteiger partial charge in [0.1, 0.15) is 16.1 Å². The van der Waals surface area contributed by atoms with Gasteiger partial charge in [0.25, 0.3) is 5.69 Å². The second kappa shape index (κ2) is 5.96. The van der Waals surface area contributed by atoms with Crippen molar-refractivity contribution < 1.29 is 13.7 Å². The minimum atomic E-state index is -0.689. The number of rotatable bonds is 4. The molecule has 7 heteroatoms. The molecule has 4 nitrogen and oxygen atoms in total. The summed E-state index contributed by atoms with van der Waals surface area (Å²) in [5.41, 5.74) is 0.819. The monoisotopic (exact) mass is 342 g/mol. The van der Waals surface area contributed by atoms with E-state index in [1.807, 2.05) is 0 Å². The molecule has 0 fully saturated rings. The van der Waals surface area contributed by atoms with Crippen LogP contribution in [0, 0.1) is 21.7 Å². The summed E-state index contributed by atoms with van der Waals surface area (Å²) in [5, 5.41) is 13.6. The van der Waals surface area contributed by atoms with Crippen molar-refractivity contribution in [2.75, 3.05) is 5.32 Å². The molecule has 1 N–H and O–H groups in total. The Morgan fingerprint density at radius 2 is 1.85 bits per heavy atom. The Bertz CT molecular complexity index is 645. The van der Waals surface area contributed by atoms with Gasteiger partial charge in [0.2, 0.25) is 0 Å². The first-order valence-electron chi connectivity index (χ1n) is 5.59. The van der Waals surface area contributed by atoms with Crippen molar-refractivity contribution in [1.82, 2.24) is 0 Å². The maximum atomic E-state index is 13.0. The molecule has 0 saturated heterocycles. The van der Waals surface area contributed by atoms with E-state index < -0.39 is 16.6 Å². The third kappa shape index (κ3) is 3.30. The summed E-state index contributed by atoms with van der Waals surface area (Å²) >= 11 is 3.15. The molecule has 0 heterocycles. The van der Waals surface area contributed by atoms with Crippen LogP contribution >= 0.6 is 15.9 Å². The second-order valence-corrected chi connectivity index (χ2v) is 4.81. The molecule has 2 rings (SSSR count). The summed E-state index contributed by atoms with van der Waals surface area (Å²) in [5.74, 6) is -1.38. The van der Waals surface area contributed by atoms with Crippen LogP contribution in [0.25, 0.3) is 0 Å². The summed E-state index contributed by atoms with van der Waals surface area (Å²) in [6, 6.07) is 7.67. The Balaban J connectivity index is 2.19. The first-order valence-corrected chi connectivity index (χ1v) is 6.38. The van der Waals surface area contributed by atoms with Gasteiger partial charge in [-0.05, 0) is 33.6 Å². The highest BCUT2D eigenvalue weighted by atomic mass is 79.9. The van der Waals surface area contributed by atoms with Crippen molar-refractivity contribution in [3.63, 3.8) is 0 Å². The van der Waals surface area contributed by atoms with Crippen molar-refractivity contribution in [2.24, 2.45) is 0 Å². The molecule has 0 spiro atoms. The Hall–Kier alpha value is -2.02. The zero-order valence-electron chi connectivity index (χ0n) is 10.1. The minimum Gasteiger partial charge on any atom is -0.381 e. The highest BCUT2D eigenvalue weighted by Gasteiger charge is 2.14. The van der Waals surface area contributed by atoms with Crippen LogP contribution in [0.1, 0.15) is 5.56 Å².